The highest BCUT2D eigenvalue weighted by molar-refractivity contribution is 5.92. The zero-order chi connectivity index (χ0) is 12.7. The molecule has 16 heavy (non-hydrogen) atoms. The lowest BCUT2D eigenvalue weighted by atomic mass is 9.94. The highest BCUT2D eigenvalue weighted by Gasteiger charge is 2.16. The maximum atomic E-state index is 11.3. The van der Waals surface area contributed by atoms with Crippen molar-refractivity contribution in [3.05, 3.63) is 12.2 Å². The summed E-state index contributed by atoms with van der Waals surface area (Å²) < 4.78 is 5.02. The van der Waals surface area contributed by atoms with E-state index in [4.69, 9.17) is 9.84 Å². The molecular weight excluding hydrogens is 208 g/mol. The third kappa shape index (κ3) is 5.53. The molecule has 0 aliphatic rings. The minimum atomic E-state index is -1.07. The van der Waals surface area contributed by atoms with Crippen molar-refractivity contribution in [3.63, 3.8) is 0 Å². The summed E-state index contributed by atoms with van der Waals surface area (Å²) in [5.41, 5.74) is -0.00823. The molecule has 92 valence electrons. The van der Waals surface area contributed by atoms with Crippen LogP contribution in [0.3, 0.4) is 0 Å². The lowest BCUT2D eigenvalue weighted by Crippen LogP contribution is -2.19. The molecule has 1 N–H and O–H groups in total. The maximum Gasteiger partial charge on any atom is 0.333 e. The number of carboxylic acids is 1. The molecule has 0 saturated carbocycles. The third-order valence-electron chi connectivity index (χ3n) is 2.55. The molecule has 0 aromatic carbocycles. The lowest BCUT2D eigenvalue weighted by molar-refractivity contribution is -0.144. The van der Waals surface area contributed by atoms with E-state index in [0.29, 0.717) is 18.4 Å². The molecule has 0 amide bonds. The first-order valence-electron chi connectivity index (χ1n) is 5.45. The minimum Gasteiger partial charge on any atom is -0.481 e. The van der Waals surface area contributed by atoms with E-state index in [-0.39, 0.29) is 12.0 Å². The molecule has 0 heterocycles. The Hall–Kier alpha value is -1.32. The van der Waals surface area contributed by atoms with E-state index in [1.807, 2.05) is 6.92 Å². The molecule has 0 spiro atoms. The van der Waals surface area contributed by atoms with E-state index in [1.165, 1.54) is 0 Å². The van der Waals surface area contributed by atoms with Crippen LogP contribution in [0.25, 0.3) is 0 Å². The molecule has 0 aromatic rings. The van der Waals surface area contributed by atoms with Crippen LogP contribution in [-0.2, 0) is 14.3 Å². The highest BCUT2D eigenvalue weighted by Crippen LogP contribution is 2.15. The summed E-state index contributed by atoms with van der Waals surface area (Å²) >= 11 is 0. The second-order valence-electron chi connectivity index (χ2n) is 4.18. The van der Waals surface area contributed by atoms with Crippen molar-refractivity contribution in [3.8, 4) is 0 Å². The molecule has 0 saturated heterocycles. The standard InChI is InChI=1S/C12H20O4/c1-5-10(8(2)3)7-16-12(15)9(4)6-11(13)14/h8,10H,4-7H2,1-3H3,(H,13,14). The van der Waals surface area contributed by atoms with Gasteiger partial charge in [0.05, 0.1) is 13.0 Å². The van der Waals surface area contributed by atoms with Gasteiger partial charge < -0.3 is 9.84 Å². The van der Waals surface area contributed by atoms with Gasteiger partial charge in [-0.15, -0.1) is 0 Å². The number of rotatable bonds is 7. The molecule has 0 rings (SSSR count). The number of aliphatic carboxylic acids is 1. The molecule has 0 aliphatic heterocycles. The predicted octanol–water partition coefficient (Wildman–Crippen LogP) is 2.24. The Kier molecular flexibility index (Phi) is 6.46. The smallest absolute Gasteiger partial charge is 0.333 e. The van der Waals surface area contributed by atoms with Crippen molar-refractivity contribution in [1.29, 1.82) is 0 Å². The third-order valence-corrected chi connectivity index (χ3v) is 2.55. The Morgan fingerprint density at radius 1 is 1.38 bits per heavy atom. The Morgan fingerprint density at radius 3 is 2.31 bits per heavy atom. The van der Waals surface area contributed by atoms with Crippen LogP contribution in [0.4, 0.5) is 0 Å². The molecule has 0 aliphatic carbocycles. The second kappa shape index (κ2) is 7.04. The summed E-state index contributed by atoms with van der Waals surface area (Å²) in [6.07, 6.45) is 0.563. The van der Waals surface area contributed by atoms with E-state index in [0.717, 1.165) is 6.42 Å². The summed E-state index contributed by atoms with van der Waals surface area (Å²) in [5.74, 6) is -0.938. The van der Waals surface area contributed by atoms with Crippen LogP contribution in [0.2, 0.25) is 0 Å². The fraction of sp³-hybridized carbons (Fsp3) is 0.667. The van der Waals surface area contributed by atoms with E-state index in [9.17, 15) is 9.59 Å². The maximum absolute atomic E-state index is 11.3. The number of carbonyl (C=O) groups is 2. The van der Waals surface area contributed by atoms with E-state index in [2.05, 4.69) is 20.4 Å². The number of hydrogen-bond donors (Lipinski definition) is 1. The van der Waals surface area contributed by atoms with Crippen LogP contribution < -0.4 is 0 Å². The van der Waals surface area contributed by atoms with Gasteiger partial charge in [0.15, 0.2) is 0 Å². The van der Waals surface area contributed by atoms with Crippen molar-refractivity contribution in [1.82, 2.24) is 0 Å². The summed E-state index contributed by atoms with van der Waals surface area (Å²) in [4.78, 5) is 21.7. The van der Waals surface area contributed by atoms with E-state index >= 15 is 0 Å². The van der Waals surface area contributed by atoms with Crippen molar-refractivity contribution >= 4 is 11.9 Å². The largest absolute Gasteiger partial charge is 0.481 e. The van der Waals surface area contributed by atoms with Crippen molar-refractivity contribution < 1.29 is 19.4 Å². The number of carboxylic acid groups (broad SMARTS) is 1. The van der Waals surface area contributed by atoms with Crippen LogP contribution in [0.15, 0.2) is 12.2 Å². The van der Waals surface area contributed by atoms with Gasteiger partial charge in [-0.05, 0) is 18.3 Å². The van der Waals surface area contributed by atoms with Gasteiger partial charge in [-0.25, -0.2) is 4.79 Å². The predicted molar refractivity (Wildman–Crippen MR) is 61.0 cm³/mol. The molecule has 4 nitrogen and oxygen atoms in total. The molecule has 1 unspecified atom stereocenters. The Morgan fingerprint density at radius 2 is 1.94 bits per heavy atom. The first-order valence-corrected chi connectivity index (χ1v) is 5.45. The zero-order valence-corrected chi connectivity index (χ0v) is 10.2. The normalized spacial score (nSPS) is 12.2. The van der Waals surface area contributed by atoms with Gasteiger partial charge in [0.1, 0.15) is 0 Å². The van der Waals surface area contributed by atoms with Crippen molar-refractivity contribution in [2.75, 3.05) is 6.61 Å². The van der Waals surface area contributed by atoms with Gasteiger partial charge in [-0.3, -0.25) is 4.79 Å². The molecule has 1 atom stereocenters. The first kappa shape index (κ1) is 14.7. The monoisotopic (exact) mass is 228 g/mol. The van der Waals surface area contributed by atoms with Gasteiger partial charge in [0.2, 0.25) is 0 Å². The molecule has 0 fully saturated rings. The SMILES string of the molecule is C=C(CC(=O)O)C(=O)OCC(CC)C(C)C. The fourth-order valence-corrected chi connectivity index (χ4v) is 1.32. The molecular formula is C12H20O4. The molecule has 0 bridgehead atoms. The van der Waals surface area contributed by atoms with Crippen LogP contribution >= 0.6 is 0 Å². The number of esters is 1. The van der Waals surface area contributed by atoms with Crippen LogP contribution in [0, 0.1) is 11.8 Å². The summed E-state index contributed by atoms with van der Waals surface area (Å²) in [5, 5.41) is 8.48. The van der Waals surface area contributed by atoms with Crippen molar-refractivity contribution in [2.45, 2.75) is 33.6 Å². The Labute approximate surface area is 96.3 Å². The van der Waals surface area contributed by atoms with Crippen LogP contribution in [0.5, 0.6) is 0 Å². The van der Waals surface area contributed by atoms with Gasteiger partial charge in [-0.2, -0.15) is 0 Å². The van der Waals surface area contributed by atoms with Gasteiger partial charge >= 0.3 is 11.9 Å². The van der Waals surface area contributed by atoms with Crippen LogP contribution in [0.1, 0.15) is 33.6 Å². The Balaban J connectivity index is 4.05. The molecule has 0 aromatic heterocycles. The van der Waals surface area contributed by atoms with Crippen molar-refractivity contribution in [2.24, 2.45) is 11.8 Å². The average molecular weight is 228 g/mol. The number of hydrogen-bond acceptors (Lipinski definition) is 3. The summed E-state index contributed by atoms with van der Waals surface area (Å²) in [6.45, 7) is 9.87. The summed E-state index contributed by atoms with van der Waals surface area (Å²) in [7, 11) is 0. The second-order valence-corrected chi connectivity index (χ2v) is 4.18. The summed E-state index contributed by atoms with van der Waals surface area (Å²) in [6, 6.07) is 0. The number of ether oxygens (including phenoxy) is 1. The quantitative estimate of drug-likeness (QED) is 0.536. The number of carbonyl (C=O) groups excluding carboxylic acids is 1. The zero-order valence-electron chi connectivity index (χ0n) is 10.2. The van der Waals surface area contributed by atoms with Crippen LogP contribution in [-0.4, -0.2) is 23.7 Å². The molecule has 4 heteroatoms. The van der Waals surface area contributed by atoms with Gasteiger partial charge in [0, 0.05) is 5.57 Å². The van der Waals surface area contributed by atoms with Gasteiger partial charge in [0.25, 0.3) is 0 Å². The minimum absolute atomic E-state index is 0.00823. The topological polar surface area (TPSA) is 63.6 Å². The van der Waals surface area contributed by atoms with E-state index < -0.39 is 11.9 Å². The lowest BCUT2D eigenvalue weighted by Gasteiger charge is -2.18. The Bertz CT molecular complexity index is 268. The average Bonchev–Trinajstić information content (AvgIpc) is 2.16. The van der Waals surface area contributed by atoms with Gasteiger partial charge in [-0.1, -0.05) is 27.4 Å². The molecule has 0 radical (unpaired) electrons. The van der Waals surface area contributed by atoms with E-state index in [1.54, 1.807) is 0 Å². The fourth-order valence-electron chi connectivity index (χ4n) is 1.32. The first-order chi connectivity index (χ1) is 7.38. The highest BCUT2D eigenvalue weighted by atomic mass is 16.5.